The number of nitrogens with zero attached hydrogens (tertiary/aromatic N) is 1. The minimum absolute atomic E-state index is 0.131. The third-order valence-electron chi connectivity index (χ3n) is 17.6. The normalized spacial score (nSPS) is 14.6. The molecule has 7 nitrogen and oxygen atoms in total. The number of H-pyrrole nitrogens is 6. The van der Waals surface area contributed by atoms with Crippen LogP contribution in [0.2, 0.25) is 0 Å². The van der Waals surface area contributed by atoms with Gasteiger partial charge in [0.2, 0.25) is 0 Å². The molecule has 382 valence electrons. The van der Waals surface area contributed by atoms with Gasteiger partial charge in [-0.05, 0) is 190 Å². The summed E-state index contributed by atoms with van der Waals surface area (Å²) in [6.07, 6.45) is 10.9. The Morgan fingerprint density at radius 2 is 0.473 bits per heavy atom. The molecule has 0 amide bonds. The van der Waals surface area contributed by atoms with Gasteiger partial charge in [-0.1, -0.05) is 126 Å². The molecule has 0 unspecified atom stereocenters. The van der Waals surface area contributed by atoms with Crippen LogP contribution < -0.4 is 0 Å². The largest absolute Gasteiger partial charge is 0.357 e. The summed E-state index contributed by atoms with van der Waals surface area (Å²) in [6.45, 7) is 28.2. The minimum Gasteiger partial charge on any atom is -0.357 e. The first-order valence-corrected chi connectivity index (χ1v) is 28.8. The SMILES string of the molecule is CCc1c2[nH]c(c1CC)C1c3[nH]c(c(CC)c3CC)-c3cccc(c3)-c3[nH]c(c(CC)c3CC)C(c3[nH]c(c(CC)c3CC)-c3cccc-2c3)c2[nH]c(c(CC)c2CC)-c2cccc(n2)-c2[nH]c1c(CC)c2CC. The molecule has 0 atom stereocenters. The molecule has 0 radical (unpaired) electrons. The third-order valence-corrected chi connectivity index (χ3v) is 17.6. The van der Waals surface area contributed by atoms with Crippen LogP contribution in [-0.4, -0.2) is 34.9 Å². The van der Waals surface area contributed by atoms with E-state index >= 15 is 0 Å². The average Bonchev–Trinajstić information content (AvgIpc) is 4.30. The van der Waals surface area contributed by atoms with Crippen molar-refractivity contribution in [3.05, 3.63) is 168 Å². The summed E-state index contributed by atoms with van der Waals surface area (Å²) in [7, 11) is 0. The number of rotatable bonds is 12. The standard InChI is InChI=1S/C67H79N7/c1-13-40-46(19-7)62-54-63-47(20-8)41(14-2)58(70-63)38-30-26-31-39(35-38)59-43(16-4)49(22-10)65(72-59)55(64-48(21-9)42(15-3)57(71-64)37-29-25-28-36(34-37)56(40)69-62)67-51(24-12)45(18-6)61(74-67)53-33-27-32-52(68-53)60-44(17-5)50(23-11)66(54)73-60/h25-35,54-55,69-74H,13-24H2,1-12H3. The smallest absolute Gasteiger partial charge is 0.0875 e. The molecule has 12 rings (SSSR count). The number of nitrogens with one attached hydrogen (secondary N) is 6. The number of aromatic amines is 6. The van der Waals surface area contributed by atoms with Gasteiger partial charge in [-0.3, -0.25) is 0 Å². The maximum atomic E-state index is 5.76. The van der Waals surface area contributed by atoms with E-state index in [4.69, 9.17) is 4.98 Å². The highest BCUT2D eigenvalue weighted by molar-refractivity contribution is 5.80. The predicted octanol–water partition coefficient (Wildman–Crippen LogP) is 16.8. The molecule has 0 saturated heterocycles. The van der Waals surface area contributed by atoms with Crippen LogP contribution in [0.15, 0.2) is 66.7 Å². The van der Waals surface area contributed by atoms with Gasteiger partial charge in [0, 0.05) is 56.9 Å². The van der Waals surface area contributed by atoms with E-state index in [0.717, 1.165) is 99.8 Å². The van der Waals surface area contributed by atoms with Gasteiger partial charge in [0.25, 0.3) is 0 Å². The molecule has 74 heavy (non-hydrogen) atoms. The van der Waals surface area contributed by atoms with E-state index in [1.165, 1.54) is 146 Å². The summed E-state index contributed by atoms with van der Waals surface area (Å²) >= 11 is 0. The lowest BCUT2D eigenvalue weighted by Gasteiger charge is -2.21. The van der Waals surface area contributed by atoms with Crippen LogP contribution in [0.25, 0.3) is 67.8 Å². The van der Waals surface area contributed by atoms with Crippen LogP contribution in [0.1, 0.15) is 196 Å². The molecule has 0 aliphatic carbocycles. The van der Waals surface area contributed by atoms with Crippen molar-refractivity contribution >= 4 is 0 Å². The highest BCUT2D eigenvalue weighted by Crippen LogP contribution is 2.49. The third kappa shape index (κ3) is 7.37. The molecule has 7 heteroatoms. The Kier molecular flexibility index (Phi) is 13.3. The number of hydrogen-bond acceptors (Lipinski definition) is 1. The molecule has 9 aromatic rings. The van der Waals surface area contributed by atoms with Gasteiger partial charge >= 0.3 is 0 Å². The van der Waals surface area contributed by atoms with Crippen LogP contribution >= 0.6 is 0 Å². The van der Waals surface area contributed by atoms with Crippen molar-refractivity contribution in [3.63, 3.8) is 0 Å². The average molecular weight is 982 g/mol. The summed E-state index contributed by atoms with van der Waals surface area (Å²) in [6, 6.07) is 25.6. The Hall–Kier alpha value is -6.73. The van der Waals surface area contributed by atoms with Crippen molar-refractivity contribution in [3.8, 4) is 67.8 Å². The first kappa shape index (κ1) is 49.5. The number of pyridine rings is 1. The van der Waals surface area contributed by atoms with Crippen LogP contribution in [0, 0.1) is 0 Å². The first-order valence-electron chi connectivity index (χ1n) is 28.8. The fraction of sp³-hybridized carbons (Fsp3) is 0.388. The molecular formula is C67H79N7. The van der Waals surface area contributed by atoms with Crippen LogP contribution in [0.5, 0.6) is 0 Å². The monoisotopic (exact) mass is 982 g/mol. The van der Waals surface area contributed by atoms with E-state index in [-0.39, 0.29) is 11.8 Å². The molecule has 2 aromatic carbocycles. The minimum atomic E-state index is -0.131. The lowest BCUT2D eigenvalue weighted by atomic mass is 9.85. The van der Waals surface area contributed by atoms with E-state index in [1.807, 2.05) is 0 Å². The van der Waals surface area contributed by atoms with Gasteiger partial charge in [-0.25, -0.2) is 4.98 Å². The van der Waals surface area contributed by atoms with Crippen molar-refractivity contribution in [2.75, 3.05) is 0 Å². The van der Waals surface area contributed by atoms with Gasteiger partial charge in [0.1, 0.15) is 0 Å². The summed E-state index contributed by atoms with van der Waals surface area (Å²) in [5.41, 5.74) is 38.5. The lowest BCUT2D eigenvalue weighted by Crippen LogP contribution is -2.12. The second-order valence-electron chi connectivity index (χ2n) is 20.9. The van der Waals surface area contributed by atoms with Crippen molar-refractivity contribution in [2.45, 2.75) is 172 Å². The Bertz CT molecular complexity index is 2970. The second-order valence-corrected chi connectivity index (χ2v) is 20.9. The Balaban J connectivity index is 1.41. The van der Waals surface area contributed by atoms with Crippen molar-refractivity contribution < 1.29 is 0 Å². The molecule has 10 heterocycles. The summed E-state index contributed by atoms with van der Waals surface area (Å²) in [4.78, 5) is 31.6. The van der Waals surface area contributed by atoms with Gasteiger partial charge in [0.15, 0.2) is 0 Å². The molecule has 0 fully saturated rings. The molecule has 6 N–H and O–H groups in total. The molecular weight excluding hydrogens is 903 g/mol. The maximum Gasteiger partial charge on any atom is 0.0875 e. The molecule has 3 aliphatic rings. The number of benzene rings is 2. The highest BCUT2D eigenvalue weighted by Gasteiger charge is 2.37. The molecule has 7 aromatic heterocycles. The molecule has 20 bridgehead atoms. The Morgan fingerprint density at radius 1 is 0.270 bits per heavy atom. The topological polar surface area (TPSA) is 108 Å². The van der Waals surface area contributed by atoms with Crippen LogP contribution in [0.3, 0.4) is 0 Å². The zero-order valence-electron chi connectivity index (χ0n) is 46.4. The van der Waals surface area contributed by atoms with Crippen molar-refractivity contribution in [1.29, 1.82) is 0 Å². The van der Waals surface area contributed by atoms with Gasteiger partial charge in [0.05, 0.1) is 34.6 Å². The molecule has 0 spiro atoms. The zero-order chi connectivity index (χ0) is 51.7. The van der Waals surface area contributed by atoms with E-state index in [9.17, 15) is 0 Å². The quantitative estimate of drug-likeness (QED) is 0.0721. The Labute approximate surface area is 440 Å². The van der Waals surface area contributed by atoms with Crippen molar-refractivity contribution in [2.24, 2.45) is 0 Å². The fourth-order valence-corrected chi connectivity index (χ4v) is 14.5. The zero-order valence-corrected chi connectivity index (χ0v) is 46.4. The predicted molar refractivity (Wildman–Crippen MR) is 310 cm³/mol. The molecule has 3 aliphatic heterocycles. The van der Waals surface area contributed by atoms with Gasteiger partial charge in [-0.15, -0.1) is 0 Å². The summed E-state index contributed by atoms with van der Waals surface area (Å²) in [5, 5.41) is 0. The summed E-state index contributed by atoms with van der Waals surface area (Å²) < 4.78 is 0. The highest BCUT2D eigenvalue weighted by atomic mass is 14.9. The number of aromatic nitrogens is 7. The second kappa shape index (κ2) is 19.8. The maximum absolute atomic E-state index is 5.76. The fourth-order valence-electron chi connectivity index (χ4n) is 14.5. The van der Waals surface area contributed by atoms with E-state index in [1.54, 1.807) is 0 Å². The number of hydrogen-bond donors (Lipinski definition) is 6. The van der Waals surface area contributed by atoms with Gasteiger partial charge < -0.3 is 29.9 Å². The van der Waals surface area contributed by atoms with Crippen LogP contribution in [0.4, 0.5) is 0 Å². The first-order chi connectivity index (χ1) is 36.2. The van der Waals surface area contributed by atoms with E-state index in [0.29, 0.717) is 0 Å². The summed E-state index contributed by atoms with van der Waals surface area (Å²) in [5.74, 6) is -0.261. The van der Waals surface area contributed by atoms with Crippen molar-refractivity contribution in [1.82, 2.24) is 34.9 Å². The van der Waals surface area contributed by atoms with Crippen LogP contribution in [-0.2, 0) is 77.0 Å². The van der Waals surface area contributed by atoms with Gasteiger partial charge in [-0.2, -0.15) is 0 Å². The molecule has 0 saturated carbocycles. The Morgan fingerprint density at radius 3 is 0.703 bits per heavy atom. The van der Waals surface area contributed by atoms with E-state index < -0.39 is 0 Å². The van der Waals surface area contributed by atoms with E-state index in [2.05, 4.69) is 180 Å². The lowest BCUT2D eigenvalue weighted by molar-refractivity contribution is 0.815.